The highest BCUT2D eigenvalue weighted by atomic mass is 16.6. The number of nitro groups is 1. The summed E-state index contributed by atoms with van der Waals surface area (Å²) in [5.74, 6) is -0.651. The van der Waals surface area contributed by atoms with Gasteiger partial charge in [0.2, 0.25) is 0 Å². The number of aromatic amines is 1. The largest absolute Gasteiger partial charge is 0.292 e. The van der Waals surface area contributed by atoms with Gasteiger partial charge in [0.25, 0.3) is 17.2 Å². The number of nitrogens with one attached hydrogen (secondary N) is 2. The molecule has 0 saturated heterocycles. The third kappa shape index (κ3) is 3.24. The van der Waals surface area contributed by atoms with Gasteiger partial charge in [-0.1, -0.05) is 30.3 Å². The van der Waals surface area contributed by atoms with Gasteiger partial charge in [0.05, 0.1) is 22.1 Å². The topological polar surface area (TPSA) is 130 Å². The van der Waals surface area contributed by atoms with Gasteiger partial charge < -0.3 is 0 Å². The molecule has 25 heavy (non-hydrogen) atoms. The van der Waals surface area contributed by atoms with Crippen molar-refractivity contribution < 1.29 is 9.72 Å². The average Bonchev–Trinajstić information content (AvgIpc) is 2.62. The number of para-hydroxylation sites is 1. The molecular formula is C16H11N5O4. The quantitative estimate of drug-likeness (QED) is 0.424. The van der Waals surface area contributed by atoms with Crippen molar-refractivity contribution in [2.24, 2.45) is 5.10 Å². The number of hydrazone groups is 1. The van der Waals surface area contributed by atoms with Crippen LogP contribution in [0.25, 0.3) is 10.8 Å². The number of nitro benzene ring substituents is 1. The minimum Gasteiger partial charge on any atom is -0.267 e. The maximum absolute atomic E-state index is 12.2. The van der Waals surface area contributed by atoms with Gasteiger partial charge in [-0.05, 0) is 12.1 Å². The Balaban J connectivity index is 1.86. The van der Waals surface area contributed by atoms with Gasteiger partial charge in [-0.15, -0.1) is 0 Å². The van der Waals surface area contributed by atoms with E-state index in [1.54, 1.807) is 30.3 Å². The number of hydrogen-bond acceptors (Lipinski definition) is 6. The second kappa shape index (κ2) is 6.71. The second-order valence-electron chi connectivity index (χ2n) is 4.96. The van der Waals surface area contributed by atoms with Gasteiger partial charge in [-0.3, -0.25) is 19.7 Å². The van der Waals surface area contributed by atoms with E-state index in [9.17, 15) is 19.7 Å². The zero-order valence-electron chi connectivity index (χ0n) is 12.7. The number of aromatic nitrogens is 2. The van der Waals surface area contributed by atoms with Crippen LogP contribution in [0.4, 0.5) is 5.69 Å². The van der Waals surface area contributed by atoms with Gasteiger partial charge in [-0.25, -0.2) is 10.5 Å². The molecule has 0 atom stereocenters. The van der Waals surface area contributed by atoms with E-state index in [0.29, 0.717) is 10.8 Å². The summed E-state index contributed by atoms with van der Waals surface area (Å²) in [6.07, 6.45) is 1.17. The molecule has 0 saturated carbocycles. The second-order valence-corrected chi connectivity index (χ2v) is 4.96. The maximum Gasteiger partial charge on any atom is 0.292 e. The molecule has 0 aliphatic rings. The third-order valence-corrected chi connectivity index (χ3v) is 3.41. The first kappa shape index (κ1) is 16.0. The highest BCUT2D eigenvalue weighted by molar-refractivity contribution is 6.04. The summed E-state index contributed by atoms with van der Waals surface area (Å²) < 4.78 is 0. The molecule has 1 heterocycles. The number of fused-ring (bicyclic) bond motifs is 1. The number of benzene rings is 2. The monoisotopic (exact) mass is 337 g/mol. The van der Waals surface area contributed by atoms with Crippen LogP contribution in [0.15, 0.2) is 58.4 Å². The van der Waals surface area contributed by atoms with Gasteiger partial charge in [0, 0.05) is 11.5 Å². The van der Waals surface area contributed by atoms with Crippen molar-refractivity contribution in [1.29, 1.82) is 0 Å². The van der Waals surface area contributed by atoms with Crippen molar-refractivity contribution in [3.63, 3.8) is 0 Å². The van der Waals surface area contributed by atoms with Crippen LogP contribution in [0.3, 0.4) is 0 Å². The first-order valence-corrected chi connectivity index (χ1v) is 7.12. The molecule has 124 valence electrons. The first-order valence-electron chi connectivity index (χ1n) is 7.12. The molecule has 3 aromatic rings. The zero-order chi connectivity index (χ0) is 17.8. The van der Waals surface area contributed by atoms with E-state index in [1.165, 1.54) is 24.4 Å². The molecule has 0 bridgehead atoms. The Morgan fingerprint density at radius 2 is 1.84 bits per heavy atom. The van der Waals surface area contributed by atoms with Crippen LogP contribution < -0.4 is 11.0 Å². The van der Waals surface area contributed by atoms with E-state index in [-0.39, 0.29) is 16.9 Å². The normalized spacial score (nSPS) is 10.9. The highest BCUT2D eigenvalue weighted by Crippen LogP contribution is 2.15. The lowest BCUT2D eigenvalue weighted by Gasteiger charge is -2.03. The minimum atomic E-state index is -0.651. The molecule has 0 unspecified atom stereocenters. The fraction of sp³-hybridized carbons (Fsp3) is 0. The van der Waals surface area contributed by atoms with E-state index in [4.69, 9.17) is 0 Å². The van der Waals surface area contributed by atoms with Crippen molar-refractivity contribution in [3.8, 4) is 0 Å². The van der Waals surface area contributed by atoms with Crippen LogP contribution in [0.5, 0.6) is 0 Å². The Morgan fingerprint density at radius 1 is 1.16 bits per heavy atom. The molecule has 0 spiro atoms. The van der Waals surface area contributed by atoms with Crippen LogP contribution in [0.2, 0.25) is 0 Å². The Hall–Kier alpha value is -3.88. The molecule has 1 aromatic heterocycles. The number of hydrogen-bond donors (Lipinski definition) is 2. The summed E-state index contributed by atoms with van der Waals surface area (Å²) in [6, 6.07) is 12.5. The molecule has 0 aliphatic carbocycles. The van der Waals surface area contributed by atoms with Crippen molar-refractivity contribution in [1.82, 2.24) is 15.6 Å². The van der Waals surface area contributed by atoms with Crippen molar-refractivity contribution in [2.45, 2.75) is 0 Å². The lowest BCUT2D eigenvalue weighted by Crippen LogP contribution is -2.22. The molecule has 3 rings (SSSR count). The molecule has 9 heteroatoms. The predicted octanol–water partition coefficient (Wildman–Crippen LogP) is 1.60. The number of carbonyl (C=O) groups excluding carboxylic acids is 1. The Kier molecular flexibility index (Phi) is 4.29. The summed E-state index contributed by atoms with van der Waals surface area (Å²) in [7, 11) is 0. The summed E-state index contributed by atoms with van der Waals surface area (Å²) in [5, 5.41) is 21.4. The van der Waals surface area contributed by atoms with Gasteiger partial charge in [-0.2, -0.15) is 10.2 Å². The lowest BCUT2D eigenvalue weighted by molar-refractivity contribution is -0.385. The average molecular weight is 337 g/mol. The Labute approximate surface area is 140 Å². The Morgan fingerprint density at radius 3 is 2.60 bits per heavy atom. The van der Waals surface area contributed by atoms with Crippen LogP contribution >= 0.6 is 0 Å². The van der Waals surface area contributed by atoms with Crippen molar-refractivity contribution in [2.75, 3.05) is 0 Å². The van der Waals surface area contributed by atoms with Crippen LogP contribution in [0, 0.1) is 10.1 Å². The molecule has 0 fully saturated rings. The molecule has 0 radical (unpaired) electrons. The maximum atomic E-state index is 12.2. The highest BCUT2D eigenvalue weighted by Gasteiger charge is 2.14. The van der Waals surface area contributed by atoms with Gasteiger partial charge >= 0.3 is 0 Å². The van der Waals surface area contributed by atoms with E-state index in [0.717, 1.165) is 0 Å². The van der Waals surface area contributed by atoms with Crippen LogP contribution in [-0.4, -0.2) is 27.2 Å². The minimum absolute atomic E-state index is 0.00471. The fourth-order valence-corrected chi connectivity index (χ4v) is 2.26. The summed E-state index contributed by atoms with van der Waals surface area (Å²) in [6.45, 7) is 0. The third-order valence-electron chi connectivity index (χ3n) is 3.41. The Bertz CT molecular complexity index is 1060. The number of amides is 1. The van der Waals surface area contributed by atoms with Crippen molar-refractivity contribution in [3.05, 3.63) is 80.3 Å². The van der Waals surface area contributed by atoms with Crippen molar-refractivity contribution >= 4 is 28.6 Å². The van der Waals surface area contributed by atoms with E-state index in [2.05, 4.69) is 20.7 Å². The van der Waals surface area contributed by atoms with E-state index >= 15 is 0 Å². The molecular weight excluding hydrogens is 326 g/mol. The number of H-pyrrole nitrogens is 1. The molecule has 1 amide bonds. The summed E-state index contributed by atoms with van der Waals surface area (Å²) >= 11 is 0. The zero-order valence-corrected chi connectivity index (χ0v) is 12.7. The summed E-state index contributed by atoms with van der Waals surface area (Å²) in [5.41, 5.74) is 1.95. The molecule has 0 aliphatic heterocycles. The van der Waals surface area contributed by atoms with E-state index in [1.807, 2.05) is 0 Å². The standard InChI is InChI=1S/C16H11N5O4/c22-15-12-7-3-2-6-11(12)14(18-20-15)16(23)19-17-9-10-5-1-4-8-13(10)21(24)25/h1-9H,(H,19,23)(H,20,22)/b17-9+. The smallest absolute Gasteiger partial charge is 0.267 e. The first-order chi connectivity index (χ1) is 12.1. The van der Waals surface area contributed by atoms with Crippen LogP contribution in [-0.2, 0) is 0 Å². The van der Waals surface area contributed by atoms with E-state index < -0.39 is 16.4 Å². The molecule has 9 nitrogen and oxygen atoms in total. The van der Waals surface area contributed by atoms with Crippen LogP contribution in [0.1, 0.15) is 16.1 Å². The SMILES string of the molecule is O=C(N/N=C/c1ccccc1[N+](=O)[O-])c1n[nH]c(=O)c2ccccc12. The molecule has 2 N–H and O–H groups in total. The molecule has 2 aromatic carbocycles. The van der Waals surface area contributed by atoms with Gasteiger partial charge in [0.1, 0.15) is 0 Å². The fourth-order valence-electron chi connectivity index (χ4n) is 2.26. The number of rotatable bonds is 4. The van der Waals surface area contributed by atoms with Gasteiger partial charge in [0.15, 0.2) is 5.69 Å². The number of carbonyl (C=O) groups is 1. The predicted molar refractivity (Wildman–Crippen MR) is 90.5 cm³/mol. The number of nitrogens with zero attached hydrogens (tertiary/aromatic N) is 3. The summed E-state index contributed by atoms with van der Waals surface area (Å²) in [4.78, 5) is 34.3. The lowest BCUT2D eigenvalue weighted by atomic mass is 10.1.